The van der Waals surface area contributed by atoms with Crippen LogP contribution >= 0.6 is 0 Å². The van der Waals surface area contributed by atoms with Gasteiger partial charge in [-0.1, -0.05) is 6.07 Å². The van der Waals surface area contributed by atoms with Crippen LogP contribution in [0, 0.1) is 27.7 Å². The Morgan fingerprint density at radius 2 is 1.83 bits per heavy atom. The molecule has 0 spiro atoms. The fourth-order valence-electron chi connectivity index (χ4n) is 2.04. The summed E-state index contributed by atoms with van der Waals surface area (Å²) in [6, 6.07) is 5.25. The SMILES string of the molecule is Cc1nn(-c2cccc(C(=O)O)c2C)c(C)c1C. The minimum atomic E-state index is -0.910. The van der Waals surface area contributed by atoms with Crippen LogP contribution in [0.1, 0.15) is 32.9 Å². The van der Waals surface area contributed by atoms with Crippen LogP contribution < -0.4 is 0 Å². The van der Waals surface area contributed by atoms with Crippen LogP contribution in [-0.4, -0.2) is 20.9 Å². The maximum atomic E-state index is 11.1. The van der Waals surface area contributed by atoms with E-state index in [0.717, 1.165) is 28.2 Å². The Bertz CT molecular complexity index is 627. The Kier molecular flexibility index (Phi) is 2.95. The number of carboxylic acid groups (broad SMARTS) is 1. The van der Waals surface area contributed by atoms with Gasteiger partial charge in [-0.3, -0.25) is 0 Å². The molecule has 0 aliphatic carbocycles. The lowest BCUT2D eigenvalue weighted by Gasteiger charge is -2.10. The Morgan fingerprint density at radius 1 is 1.17 bits per heavy atom. The molecular formula is C14H16N2O2. The monoisotopic (exact) mass is 244 g/mol. The van der Waals surface area contributed by atoms with E-state index in [-0.39, 0.29) is 0 Å². The second-order valence-corrected chi connectivity index (χ2v) is 4.46. The van der Waals surface area contributed by atoms with Gasteiger partial charge in [0.2, 0.25) is 0 Å². The standard InChI is InChI=1S/C14H16N2O2/c1-8-10(3)15-16(11(8)4)13-7-5-6-12(9(13)2)14(17)18/h5-7H,1-4H3,(H,17,18). The van der Waals surface area contributed by atoms with Gasteiger partial charge in [-0.25, -0.2) is 9.48 Å². The predicted octanol–water partition coefficient (Wildman–Crippen LogP) is 2.80. The highest BCUT2D eigenvalue weighted by atomic mass is 16.4. The molecule has 0 aliphatic rings. The fraction of sp³-hybridized carbons (Fsp3) is 0.286. The Morgan fingerprint density at radius 3 is 2.33 bits per heavy atom. The summed E-state index contributed by atoms with van der Waals surface area (Å²) < 4.78 is 1.81. The van der Waals surface area contributed by atoms with Crippen molar-refractivity contribution in [2.75, 3.05) is 0 Å². The summed E-state index contributed by atoms with van der Waals surface area (Å²) in [5, 5.41) is 13.6. The molecule has 1 aromatic carbocycles. The van der Waals surface area contributed by atoms with Crippen LogP contribution in [-0.2, 0) is 0 Å². The van der Waals surface area contributed by atoms with Gasteiger partial charge in [-0.05, 0) is 51.0 Å². The minimum Gasteiger partial charge on any atom is -0.478 e. The minimum absolute atomic E-state index is 0.317. The average molecular weight is 244 g/mol. The van der Waals surface area contributed by atoms with Crippen molar-refractivity contribution in [3.05, 3.63) is 46.3 Å². The van der Waals surface area contributed by atoms with Gasteiger partial charge in [0.05, 0.1) is 16.9 Å². The number of carbonyl (C=O) groups is 1. The van der Waals surface area contributed by atoms with Crippen molar-refractivity contribution in [3.63, 3.8) is 0 Å². The van der Waals surface area contributed by atoms with Crippen LogP contribution in [0.3, 0.4) is 0 Å². The van der Waals surface area contributed by atoms with Crippen LogP contribution in [0.5, 0.6) is 0 Å². The second kappa shape index (κ2) is 4.29. The summed E-state index contributed by atoms with van der Waals surface area (Å²) in [6.45, 7) is 7.77. The average Bonchev–Trinajstić information content (AvgIpc) is 2.57. The largest absolute Gasteiger partial charge is 0.478 e. The Hall–Kier alpha value is -2.10. The van der Waals surface area contributed by atoms with Gasteiger partial charge in [0, 0.05) is 5.69 Å². The van der Waals surface area contributed by atoms with Gasteiger partial charge in [0.15, 0.2) is 0 Å². The van der Waals surface area contributed by atoms with Gasteiger partial charge in [0.1, 0.15) is 0 Å². The first-order chi connectivity index (χ1) is 8.43. The second-order valence-electron chi connectivity index (χ2n) is 4.46. The summed E-state index contributed by atoms with van der Waals surface area (Å²) in [4.78, 5) is 11.1. The maximum absolute atomic E-state index is 11.1. The number of aromatic carboxylic acids is 1. The first kappa shape index (κ1) is 12.4. The van der Waals surface area contributed by atoms with Gasteiger partial charge in [0.25, 0.3) is 0 Å². The maximum Gasteiger partial charge on any atom is 0.336 e. The molecule has 1 N–H and O–H groups in total. The smallest absolute Gasteiger partial charge is 0.336 e. The van der Waals surface area contributed by atoms with Crippen LogP contribution in [0.4, 0.5) is 0 Å². The Balaban J connectivity index is 2.68. The third kappa shape index (κ3) is 1.79. The van der Waals surface area contributed by atoms with Crippen molar-refractivity contribution in [1.29, 1.82) is 0 Å². The van der Waals surface area contributed by atoms with Gasteiger partial charge in [-0.2, -0.15) is 5.10 Å². The van der Waals surface area contributed by atoms with Crippen molar-refractivity contribution in [2.24, 2.45) is 0 Å². The van der Waals surface area contributed by atoms with Gasteiger partial charge >= 0.3 is 5.97 Å². The molecule has 0 radical (unpaired) electrons. The quantitative estimate of drug-likeness (QED) is 0.883. The number of aryl methyl sites for hydroxylation is 1. The van der Waals surface area contributed by atoms with Crippen LogP contribution in [0.25, 0.3) is 5.69 Å². The van der Waals surface area contributed by atoms with Gasteiger partial charge < -0.3 is 5.11 Å². The number of nitrogens with zero attached hydrogens (tertiary/aromatic N) is 2. The fourth-order valence-corrected chi connectivity index (χ4v) is 2.04. The zero-order valence-corrected chi connectivity index (χ0v) is 11.0. The third-order valence-electron chi connectivity index (χ3n) is 3.42. The van der Waals surface area contributed by atoms with Crippen molar-refractivity contribution < 1.29 is 9.90 Å². The van der Waals surface area contributed by atoms with E-state index in [9.17, 15) is 4.79 Å². The lowest BCUT2D eigenvalue weighted by molar-refractivity contribution is 0.0696. The highest BCUT2D eigenvalue weighted by Crippen LogP contribution is 2.22. The molecule has 4 nitrogen and oxygen atoms in total. The molecule has 0 aliphatic heterocycles. The lowest BCUT2D eigenvalue weighted by Crippen LogP contribution is -2.07. The molecule has 0 unspecified atom stereocenters. The van der Waals surface area contributed by atoms with E-state index in [2.05, 4.69) is 5.10 Å². The summed E-state index contributed by atoms with van der Waals surface area (Å²) >= 11 is 0. The molecule has 4 heteroatoms. The molecule has 0 amide bonds. The molecule has 0 atom stereocenters. The molecule has 0 bridgehead atoms. The van der Waals surface area contributed by atoms with Crippen LogP contribution in [0.2, 0.25) is 0 Å². The Labute approximate surface area is 106 Å². The summed E-state index contributed by atoms with van der Waals surface area (Å²) in [5.41, 5.74) is 5.01. The highest BCUT2D eigenvalue weighted by molar-refractivity contribution is 5.90. The number of aromatic nitrogens is 2. The van der Waals surface area contributed by atoms with Crippen molar-refractivity contribution in [3.8, 4) is 5.69 Å². The van der Waals surface area contributed by atoms with E-state index < -0.39 is 5.97 Å². The molecule has 94 valence electrons. The summed E-state index contributed by atoms with van der Waals surface area (Å²) in [7, 11) is 0. The number of rotatable bonds is 2. The van der Waals surface area contributed by atoms with Crippen molar-refractivity contribution >= 4 is 5.97 Å². The third-order valence-corrected chi connectivity index (χ3v) is 3.42. The first-order valence-electron chi connectivity index (χ1n) is 5.79. The number of hydrogen-bond acceptors (Lipinski definition) is 2. The molecule has 2 rings (SSSR count). The van der Waals surface area contributed by atoms with Crippen LogP contribution in [0.15, 0.2) is 18.2 Å². The van der Waals surface area contributed by atoms with Crippen molar-refractivity contribution in [1.82, 2.24) is 9.78 Å². The lowest BCUT2D eigenvalue weighted by atomic mass is 10.1. The van der Waals surface area contributed by atoms with E-state index in [1.54, 1.807) is 12.1 Å². The molecule has 1 aromatic heterocycles. The molecule has 0 saturated carbocycles. The molecule has 0 fully saturated rings. The molecular weight excluding hydrogens is 228 g/mol. The van der Waals surface area contributed by atoms with E-state index >= 15 is 0 Å². The summed E-state index contributed by atoms with van der Waals surface area (Å²) in [6.07, 6.45) is 0. The summed E-state index contributed by atoms with van der Waals surface area (Å²) in [5.74, 6) is -0.910. The normalized spacial score (nSPS) is 10.7. The first-order valence-corrected chi connectivity index (χ1v) is 5.79. The molecule has 18 heavy (non-hydrogen) atoms. The van der Waals surface area contributed by atoms with E-state index in [1.807, 2.05) is 38.4 Å². The number of carboxylic acids is 1. The number of hydrogen-bond donors (Lipinski definition) is 1. The van der Waals surface area contributed by atoms with Gasteiger partial charge in [-0.15, -0.1) is 0 Å². The predicted molar refractivity (Wildman–Crippen MR) is 69.5 cm³/mol. The van der Waals surface area contributed by atoms with E-state index in [1.165, 1.54) is 0 Å². The topological polar surface area (TPSA) is 55.1 Å². The molecule has 1 heterocycles. The highest BCUT2D eigenvalue weighted by Gasteiger charge is 2.15. The molecule has 2 aromatic rings. The zero-order chi connectivity index (χ0) is 13.4. The number of benzene rings is 1. The van der Waals surface area contributed by atoms with E-state index in [4.69, 9.17) is 5.11 Å². The molecule has 0 saturated heterocycles. The van der Waals surface area contributed by atoms with E-state index in [0.29, 0.717) is 5.56 Å². The zero-order valence-electron chi connectivity index (χ0n) is 11.0. The van der Waals surface area contributed by atoms with Crippen molar-refractivity contribution in [2.45, 2.75) is 27.7 Å².